The standard InChI is InChI=1S/C15H18ClF3N2O/c1-2-6-20-7-9-21(10-8-20)12-5-3-4-11(13(12)16)14(22)15(17,18)19/h2-5,14,22H,1,6-10H2. The van der Waals surface area contributed by atoms with E-state index in [4.69, 9.17) is 11.6 Å². The van der Waals surface area contributed by atoms with Crippen LogP contribution in [0.2, 0.25) is 5.02 Å². The second-order valence-corrected chi connectivity index (χ2v) is 5.58. The summed E-state index contributed by atoms with van der Waals surface area (Å²) in [6.07, 6.45) is -5.48. The molecule has 1 fully saturated rings. The van der Waals surface area contributed by atoms with E-state index in [1.165, 1.54) is 12.1 Å². The Balaban J connectivity index is 2.18. The van der Waals surface area contributed by atoms with Crippen LogP contribution in [0.1, 0.15) is 11.7 Å². The van der Waals surface area contributed by atoms with Gasteiger partial charge in [0.2, 0.25) is 0 Å². The van der Waals surface area contributed by atoms with E-state index in [0.717, 1.165) is 19.6 Å². The second kappa shape index (κ2) is 6.89. The van der Waals surface area contributed by atoms with Crippen molar-refractivity contribution in [2.45, 2.75) is 12.3 Å². The fraction of sp³-hybridized carbons (Fsp3) is 0.467. The summed E-state index contributed by atoms with van der Waals surface area (Å²) in [5.41, 5.74) is 0.223. The van der Waals surface area contributed by atoms with Crippen LogP contribution in [-0.2, 0) is 0 Å². The Morgan fingerprint density at radius 1 is 1.27 bits per heavy atom. The molecule has 3 nitrogen and oxygen atoms in total. The number of alkyl halides is 3. The number of nitrogens with zero attached hydrogens (tertiary/aromatic N) is 2. The molecule has 0 aromatic heterocycles. The minimum atomic E-state index is -4.73. The van der Waals surface area contributed by atoms with Crippen LogP contribution in [0.3, 0.4) is 0 Å². The zero-order valence-corrected chi connectivity index (χ0v) is 12.7. The molecule has 0 bridgehead atoms. The number of aliphatic hydroxyl groups is 1. The minimum Gasteiger partial charge on any atom is -0.379 e. The van der Waals surface area contributed by atoms with E-state index in [2.05, 4.69) is 11.5 Å². The van der Waals surface area contributed by atoms with E-state index in [9.17, 15) is 18.3 Å². The van der Waals surface area contributed by atoms with Crippen molar-refractivity contribution < 1.29 is 18.3 Å². The Kier molecular flexibility index (Phi) is 5.36. The summed E-state index contributed by atoms with van der Waals surface area (Å²) in [5.74, 6) is 0. The second-order valence-electron chi connectivity index (χ2n) is 5.20. The highest BCUT2D eigenvalue weighted by Gasteiger charge is 2.41. The highest BCUT2D eigenvalue weighted by molar-refractivity contribution is 6.34. The Morgan fingerprint density at radius 3 is 2.45 bits per heavy atom. The fourth-order valence-corrected chi connectivity index (χ4v) is 2.87. The van der Waals surface area contributed by atoms with Gasteiger partial charge in [0, 0.05) is 38.3 Å². The molecular weight excluding hydrogens is 317 g/mol. The number of aliphatic hydroxyl groups excluding tert-OH is 1. The van der Waals surface area contributed by atoms with Gasteiger partial charge in [-0.3, -0.25) is 4.90 Å². The fourth-order valence-electron chi connectivity index (χ4n) is 2.52. The van der Waals surface area contributed by atoms with Gasteiger partial charge in [-0.05, 0) is 6.07 Å². The van der Waals surface area contributed by atoms with Crippen LogP contribution in [0.25, 0.3) is 0 Å². The zero-order valence-electron chi connectivity index (χ0n) is 12.0. The van der Waals surface area contributed by atoms with E-state index in [1.54, 1.807) is 6.07 Å². The molecule has 0 spiro atoms. The first-order valence-corrected chi connectivity index (χ1v) is 7.33. The van der Waals surface area contributed by atoms with Crippen molar-refractivity contribution in [2.75, 3.05) is 37.6 Å². The molecule has 1 aliphatic heterocycles. The third-order valence-electron chi connectivity index (χ3n) is 3.71. The van der Waals surface area contributed by atoms with Gasteiger partial charge in [-0.1, -0.05) is 29.8 Å². The molecule has 1 aromatic rings. The highest BCUT2D eigenvalue weighted by atomic mass is 35.5. The number of hydrogen-bond donors (Lipinski definition) is 1. The predicted octanol–water partition coefficient (Wildman–Crippen LogP) is 3.24. The van der Waals surface area contributed by atoms with Gasteiger partial charge in [-0.2, -0.15) is 13.2 Å². The zero-order chi connectivity index (χ0) is 16.3. The van der Waals surface area contributed by atoms with E-state index in [-0.39, 0.29) is 10.6 Å². The van der Waals surface area contributed by atoms with Gasteiger partial charge in [0.1, 0.15) is 0 Å². The van der Waals surface area contributed by atoms with Crippen LogP contribution in [0.5, 0.6) is 0 Å². The van der Waals surface area contributed by atoms with Crippen molar-refractivity contribution in [1.29, 1.82) is 0 Å². The molecular formula is C15H18ClF3N2O. The van der Waals surface area contributed by atoms with Crippen LogP contribution >= 0.6 is 11.6 Å². The lowest BCUT2D eigenvalue weighted by Crippen LogP contribution is -2.46. The summed E-state index contributed by atoms with van der Waals surface area (Å²) in [6.45, 7) is 7.38. The molecule has 122 valence electrons. The Hall–Kier alpha value is -1.24. The molecule has 1 saturated heterocycles. The lowest BCUT2D eigenvalue weighted by molar-refractivity contribution is -0.206. The van der Waals surface area contributed by atoms with E-state index in [1.807, 2.05) is 11.0 Å². The number of halogens is 4. The summed E-state index contributed by atoms with van der Waals surface area (Å²) < 4.78 is 38.1. The van der Waals surface area contributed by atoms with Crippen molar-refractivity contribution in [1.82, 2.24) is 4.90 Å². The van der Waals surface area contributed by atoms with Gasteiger partial charge >= 0.3 is 6.18 Å². The van der Waals surface area contributed by atoms with Crippen molar-refractivity contribution in [3.8, 4) is 0 Å². The van der Waals surface area contributed by atoms with Gasteiger partial charge in [-0.25, -0.2) is 0 Å². The smallest absolute Gasteiger partial charge is 0.379 e. The third kappa shape index (κ3) is 3.74. The van der Waals surface area contributed by atoms with Crippen molar-refractivity contribution in [2.24, 2.45) is 0 Å². The molecule has 0 saturated carbocycles. The first-order valence-electron chi connectivity index (χ1n) is 6.96. The molecule has 1 N–H and O–H groups in total. The lowest BCUT2D eigenvalue weighted by atomic mass is 10.1. The van der Waals surface area contributed by atoms with Crippen LogP contribution in [-0.4, -0.2) is 48.9 Å². The van der Waals surface area contributed by atoms with Crippen molar-refractivity contribution in [3.63, 3.8) is 0 Å². The first-order chi connectivity index (χ1) is 10.3. The van der Waals surface area contributed by atoms with Crippen LogP contribution < -0.4 is 4.90 Å². The maximum absolute atomic E-state index is 12.7. The normalized spacial score (nSPS) is 18.3. The molecule has 1 atom stereocenters. The quantitative estimate of drug-likeness (QED) is 0.856. The molecule has 1 aromatic carbocycles. The number of piperazine rings is 1. The molecule has 0 aliphatic carbocycles. The summed E-state index contributed by atoms with van der Waals surface area (Å²) >= 11 is 6.11. The summed E-state index contributed by atoms with van der Waals surface area (Å²) in [5, 5.41) is 9.39. The molecule has 0 radical (unpaired) electrons. The largest absolute Gasteiger partial charge is 0.418 e. The Morgan fingerprint density at radius 2 is 1.91 bits per heavy atom. The molecule has 2 rings (SSSR count). The minimum absolute atomic E-state index is 0.0375. The van der Waals surface area contributed by atoms with Gasteiger partial charge in [0.05, 0.1) is 10.7 Å². The average molecular weight is 335 g/mol. The van der Waals surface area contributed by atoms with E-state index in [0.29, 0.717) is 18.8 Å². The van der Waals surface area contributed by atoms with Gasteiger partial charge < -0.3 is 10.0 Å². The van der Waals surface area contributed by atoms with Crippen LogP contribution in [0.4, 0.5) is 18.9 Å². The Bertz CT molecular complexity index is 528. The predicted molar refractivity (Wildman–Crippen MR) is 81.3 cm³/mol. The summed E-state index contributed by atoms with van der Waals surface area (Å²) in [4.78, 5) is 4.14. The SMILES string of the molecule is C=CCN1CCN(c2cccc(C(O)C(F)(F)F)c2Cl)CC1. The summed E-state index contributed by atoms with van der Waals surface area (Å²) in [7, 11) is 0. The molecule has 22 heavy (non-hydrogen) atoms. The molecule has 1 unspecified atom stereocenters. The summed E-state index contributed by atoms with van der Waals surface area (Å²) in [6, 6.07) is 4.37. The van der Waals surface area contributed by atoms with Crippen molar-refractivity contribution in [3.05, 3.63) is 41.4 Å². The topological polar surface area (TPSA) is 26.7 Å². The first kappa shape index (κ1) is 17.1. The molecule has 1 aliphatic rings. The number of hydrogen-bond acceptors (Lipinski definition) is 3. The van der Waals surface area contributed by atoms with E-state index >= 15 is 0 Å². The van der Waals surface area contributed by atoms with Crippen LogP contribution in [0.15, 0.2) is 30.9 Å². The molecule has 7 heteroatoms. The number of anilines is 1. The highest BCUT2D eigenvalue weighted by Crippen LogP contribution is 2.39. The monoisotopic (exact) mass is 334 g/mol. The Labute approximate surface area is 132 Å². The van der Waals surface area contributed by atoms with E-state index < -0.39 is 12.3 Å². The molecule has 1 heterocycles. The maximum Gasteiger partial charge on any atom is 0.418 e. The van der Waals surface area contributed by atoms with Gasteiger partial charge in [0.15, 0.2) is 6.10 Å². The van der Waals surface area contributed by atoms with Crippen molar-refractivity contribution >= 4 is 17.3 Å². The third-order valence-corrected chi connectivity index (χ3v) is 4.12. The van der Waals surface area contributed by atoms with Gasteiger partial charge in [0.25, 0.3) is 0 Å². The number of benzene rings is 1. The maximum atomic E-state index is 12.7. The number of rotatable bonds is 4. The lowest BCUT2D eigenvalue weighted by Gasteiger charge is -2.36. The average Bonchev–Trinajstić information content (AvgIpc) is 2.47. The molecule has 0 amide bonds. The van der Waals surface area contributed by atoms with Gasteiger partial charge in [-0.15, -0.1) is 6.58 Å². The van der Waals surface area contributed by atoms with Crippen LogP contribution in [0, 0.1) is 0 Å².